The second-order valence-corrected chi connectivity index (χ2v) is 13.0. The van der Waals surface area contributed by atoms with Crippen molar-refractivity contribution >= 4 is 27.6 Å². The van der Waals surface area contributed by atoms with Crippen LogP contribution in [0.4, 0.5) is 0 Å². The van der Waals surface area contributed by atoms with E-state index in [4.69, 9.17) is 0 Å². The summed E-state index contributed by atoms with van der Waals surface area (Å²) in [6.45, 7) is 4.67. The van der Waals surface area contributed by atoms with E-state index in [1.54, 1.807) is 22.3 Å². The third-order valence-electron chi connectivity index (χ3n) is 8.27. The molecular weight excluding hydrogens is 505 g/mol. The van der Waals surface area contributed by atoms with Crippen molar-refractivity contribution in [1.29, 1.82) is 0 Å². The first-order chi connectivity index (χ1) is 18.3. The molecule has 182 valence electrons. The number of hydrogen-bond donors (Lipinski definition) is 0. The SMILES string of the molecule is CCC1=Cc2c(-c3ccccc3)cccc2C1[CH2][Ge][CH2]C1C(CC)=Cc2c(-c3ccccc3)cccc21. The van der Waals surface area contributed by atoms with E-state index in [9.17, 15) is 0 Å². The molecule has 0 N–H and O–H groups in total. The summed E-state index contributed by atoms with van der Waals surface area (Å²) >= 11 is -0.0921. The van der Waals surface area contributed by atoms with Crippen LogP contribution in [-0.2, 0) is 0 Å². The molecule has 2 aliphatic rings. The quantitative estimate of drug-likeness (QED) is 0.196. The standard InChI is InChI=1S/C36H34Ge/c1-3-25-21-33-29(27-13-7-5-8-14-27)17-11-19-31(33)35(25)23-37-24-36-26(4-2)22-34-30(18-12-20-32(34)36)28-15-9-6-10-16-28/h5-22,35-36H,3-4,23-24H2,1-2H3. The molecule has 4 aromatic carbocycles. The molecule has 0 bridgehead atoms. The Labute approximate surface area is 228 Å². The molecule has 2 atom stereocenters. The van der Waals surface area contributed by atoms with Gasteiger partial charge in [-0.2, -0.15) is 0 Å². The van der Waals surface area contributed by atoms with Gasteiger partial charge in [-0.15, -0.1) is 0 Å². The normalized spacial score (nSPS) is 17.8. The second kappa shape index (κ2) is 10.7. The molecule has 0 saturated heterocycles. The summed E-state index contributed by atoms with van der Waals surface area (Å²) in [6.07, 6.45) is 7.32. The summed E-state index contributed by atoms with van der Waals surface area (Å²) in [7, 11) is 0. The fourth-order valence-corrected chi connectivity index (χ4v) is 9.94. The Kier molecular flexibility index (Phi) is 7.02. The first-order valence-corrected chi connectivity index (χ1v) is 16.7. The van der Waals surface area contributed by atoms with Gasteiger partial charge in [0.25, 0.3) is 0 Å². The van der Waals surface area contributed by atoms with Crippen LogP contribution in [0.2, 0.25) is 10.5 Å². The van der Waals surface area contributed by atoms with Crippen molar-refractivity contribution in [2.24, 2.45) is 0 Å². The number of rotatable bonds is 8. The Morgan fingerprint density at radius 2 is 0.946 bits per heavy atom. The predicted molar refractivity (Wildman–Crippen MR) is 161 cm³/mol. The van der Waals surface area contributed by atoms with Gasteiger partial charge in [0.15, 0.2) is 0 Å². The molecule has 2 unspecified atom stereocenters. The van der Waals surface area contributed by atoms with E-state index < -0.39 is 0 Å². The Morgan fingerprint density at radius 3 is 1.35 bits per heavy atom. The minimum atomic E-state index is -0.0921. The second-order valence-electron chi connectivity index (χ2n) is 10.3. The van der Waals surface area contributed by atoms with E-state index in [1.807, 2.05) is 0 Å². The van der Waals surface area contributed by atoms with E-state index in [0.29, 0.717) is 11.8 Å². The maximum atomic E-state index is 2.52. The average Bonchev–Trinajstić information content (AvgIpc) is 3.51. The summed E-state index contributed by atoms with van der Waals surface area (Å²) in [4.78, 5) is 0. The van der Waals surface area contributed by atoms with Crippen LogP contribution < -0.4 is 0 Å². The van der Waals surface area contributed by atoms with E-state index >= 15 is 0 Å². The van der Waals surface area contributed by atoms with Crippen LogP contribution in [0.5, 0.6) is 0 Å². The van der Waals surface area contributed by atoms with E-state index in [0.717, 1.165) is 12.8 Å². The molecule has 1 heteroatoms. The third-order valence-corrected chi connectivity index (χ3v) is 11.2. The summed E-state index contributed by atoms with van der Waals surface area (Å²) in [5.74, 6) is 1.21. The number of allylic oxidation sites excluding steroid dienone is 2. The molecule has 0 nitrogen and oxygen atoms in total. The van der Waals surface area contributed by atoms with Crippen LogP contribution in [0, 0.1) is 0 Å². The molecule has 0 aromatic heterocycles. The van der Waals surface area contributed by atoms with E-state index in [2.05, 4.69) is 123 Å². The van der Waals surface area contributed by atoms with Crippen molar-refractivity contribution in [3.05, 3.63) is 130 Å². The third kappa shape index (κ3) is 4.57. The van der Waals surface area contributed by atoms with Crippen molar-refractivity contribution in [3.63, 3.8) is 0 Å². The maximum absolute atomic E-state index is 2.52. The molecule has 0 fully saturated rings. The molecule has 0 amide bonds. The topological polar surface area (TPSA) is 0 Å². The molecule has 0 saturated carbocycles. The molecule has 2 radical (unpaired) electrons. The molecule has 6 rings (SSSR count). The van der Waals surface area contributed by atoms with Crippen LogP contribution in [0.25, 0.3) is 34.4 Å². The molecular formula is C36H34Ge. The first-order valence-electron chi connectivity index (χ1n) is 13.8. The Morgan fingerprint density at radius 1 is 0.514 bits per heavy atom. The number of benzene rings is 4. The Balaban J connectivity index is 1.24. The summed E-state index contributed by atoms with van der Waals surface area (Å²) in [5.41, 5.74) is 14.8. The zero-order valence-electron chi connectivity index (χ0n) is 21.9. The van der Waals surface area contributed by atoms with Gasteiger partial charge in [0.1, 0.15) is 0 Å². The van der Waals surface area contributed by atoms with Gasteiger partial charge in [0, 0.05) is 0 Å². The van der Waals surface area contributed by atoms with Crippen LogP contribution in [0.3, 0.4) is 0 Å². The van der Waals surface area contributed by atoms with Gasteiger partial charge >= 0.3 is 229 Å². The summed E-state index contributed by atoms with van der Waals surface area (Å²) < 4.78 is 0. The predicted octanol–water partition coefficient (Wildman–Crippen LogP) is 10.0. The molecule has 0 aliphatic heterocycles. The summed E-state index contributed by atoms with van der Waals surface area (Å²) in [5, 5.41) is 2.71. The van der Waals surface area contributed by atoms with Gasteiger partial charge < -0.3 is 0 Å². The van der Waals surface area contributed by atoms with Crippen molar-refractivity contribution < 1.29 is 0 Å². The van der Waals surface area contributed by atoms with E-state index in [1.165, 1.54) is 43.9 Å². The van der Waals surface area contributed by atoms with Gasteiger partial charge in [0.05, 0.1) is 0 Å². The summed E-state index contributed by atoms with van der Waals surface area (Å²) in [6, 6.07) is 35.7. The van der Waals surface area contributed by atoms with Crippen molar-refractivity contribution in [3.8, 4) is 22.3 Å². The fraction of sp³-hybridized carbons (Fsp3) is 0.222. The molecule has 4 aromatic rings. The molecule has 37 heavy (non-hydrogen) atoms. The number of hydrogen-bond acceptors (Lipinski definition) is 0. The first kappa shape index (κ1) is 24.3. The fourth-order valence-electron chi connectivity index (χ4n) is 6.36. The van der Waals surface area contributed by atoms with Gasteiger partial charge in [-0.3, -0.25) is 0 Å². The van der Waals surface area contributed by atoms with Gasteiger partial charge in [-0.1, -0.05) is 0 Å². The molecule has 0 heterocycles. The minimum absolute atomic E-state index is 0.0921. The zero-order valence-corrected chi connectivity index (χ0v) is 24.0. The van der Waals surface area contributed by atoms with Gasteiger partial charge in [-0.05, 0) is 0 Å². The molecule has 2 aliphatic carbocycles. The zero-order chi connectivity index (χ0) is 25.2. The van der Waals surface area contributed by atoms with E-state index in [-0.39, 0.29) is 15.4 Å². The Bertz CT molecular complexity index is 1350. The van der Waals surface area contributed by atoms with Crippen LogP contribution in [-0.4, -0.2) is 15.4 Å². The number of fused-ring (bicyclic) bond motifs is 2. The van der Waals surface area contributed by atoms with Gasteiger partial charge in [0.2, 0.25) is 0 Å². The van der Waals surface area contributed by atoms with Crippen molar-refractivity contribution in [2.45, 2.75) is 49.0 Å². The van der Waals surface area contributed by atoms with Crippen molar-refractivity contribution in [1.82, 2.24) is 0 Å². The monoisotopic (exact) mass is 540 g/mol. The van der Waals surface area contributed by atoms with Gasteiger partial charge in [-0.25, -0.2) is 0 Å². The molecule has 0 spiro atoms. The van der Waals surface area contributed by atoms with Crippen LogP contribution >= 0.6 is 0 Å². The average molecular weight is 539 g/mol. The van der Waals surface area contributed by atoms with Crippen molar-refractivity contribution in [2.75, 3.05) is 0 Å². The Hall–Kier alpha value is -3.10. The van der Waals surface area contributed by atoms with Crippen LogP contribution in [0.15, 0.2) is 108 Å². The van der Waals surface area contributed by atoms with Crippen LogP contribution in [0.1, 0.15) is 60.8 Å².